The molecule has 6 nitrogen and oxygen atoms in total. The molecule has 1 aliphatic rings. The normalized spacial score (nSPS) is 16.8. The van der Waals surface area contributed by atoms with Crippen molar-refractivity contribution in [3.05, 3.63) is 11.6 Å². The van der Waals surface area contributed by atoms with Crippen LogP contribution < -0.4 is 10.6 Å². The molecule has 1 aromatic rings. The first-order valence-corrected chi connectivity index (χ1v) is 8.54. The maximum atomic E-state index is 6.11. The van der Waals surface area contributed by atoms with Crippen LogP contribution in [0.2, 0.25) is 0 Å². The van der Waals surface area contributed by atoms with Gasteiger partial charge >= 0.3 is 0 Å². The van der Waals surface area contributed by atoms with Crippen LogP contribution in [0.3, 0.4) is 0 Å². The fourth-order valence-electron chi connectivity index (χ4n) is 2.44. The Morgan fingerprint density at radius 3 is 2.62 bits per heavy atom. The van der Waals surface area contributed by atoms with Gasteiger partial charge < -0.3 is 20.4 Å². The molecular formula is C14H26N6S. The molecule has 0 aliphatic carbocycles. The van der Waals surface area contributed by atoms with Gasteiger partial charge in [0.05, 0.1) is 6.54 Å². The summed E-state index contributed by atoms with van der Waals surface area (Å²) in [4.78, 5) is 15.7. The highest BCUT2D eigenvalue weighted by Gasteiger charge is 2.19. The summed E-state index contributed by atoms with van der Waals surface area (Å²) in [6.07, 6.45) is 1.86. The molecule has 1 aromatic heterocycles. The largest absolute Gasteiger partial charge is 0.370 e. The number of aromatic nitrogens is 1. The van der Waals surface area contributed by atoms with Gasteiger partial charge in [-0.2, -0.15) is 0 Å². The van der Waals surface area contributed by atoms with E-state index in [1.54, 1.807) is 11.3 Å². The Morgan fingerprint density at radius 1 is 1.33 bits per heavy atom. The monoisotopic (exact) mass is 310 g/mol. The van der Waals surface area contributed by atoms with Crippen LogP contribution in [0.15, 0.2) is 16.6 Å². The van der Waals surface area contributed by atoms with E-state index in [0.29, 0.717) is 5.96 Å². The van der Waals surface area contributed by atoms with Crippen molar-refractivity contribution in [3.8, 4) is 0 Å². The zero-order chi connectivity index (χ0) is 15.1. The molecule has 0 radical (unpaired) electrons. The van der Waals surface area contributed by atoms with Crippen molar-refractivity contribution in [2.45, 2.75) is 13.8 Å². The molecule has 7 heteroatoms. The van der Waals surface area contributed by atoms with E-state index < -0.39 is 0 Å². The Bertz CT molecular complexity index is 421. The van der Waals surface area contributed by atoms with Crippen LogP contribution in [-0.2, 0) is 0 Å². The molecule has 21 heavy (non-hydrogen) atoms. The van der Waals surface area contributed by atoms with Crippen molar-refractivity contribution >= 4 is 22.4 Å². The minimum absolute atomic E-state index is 0.681. The number of hydrogen-bond acceptors (Lipinski definition) is 5. The lowest BCUT2D eigenvalue weighted by atomic mass is 10.3. The number of nitrogens with two attached hydrogens (primary N) is 1. The highest BCUT2D eigenvalue weighted by atomic mass is 32.1. The molecule has 0 saturated carbocycles. The van der Waals surface area contributed by atoms with E-state index in [2.05, 4.69) is 38.5 Å². The Kier molecular flexibility index (Phi) is 6.25. The number of hydrogen-bond donors (Lipinski definition) is 1. The highest BCUT2D eigenvalue weighted by molar-refractivity contribution is 7.13. The molecule has 0 spiro atoms. The fraction of sp³-hybridized carbons (Fsp3) is 0.714. The van der Waals surface area contributed by atoms with E-state index in [9.17, 15) is 0 Å². The zero-order valence-corrected chi connectivity index (χ0v) is 13.8. The number of nitrogens with zero attached hydrogens (tertiary/aromatic N) is 5. The lowest BCUT2D eigenvalue weighted by molar-refractivity contribution is 0.311. The quantitative estimate of drug-likeness (QED) is 0.625. The summed E-state index contributed by atoms with van der Waals surface area (Å²) >= 11 is 1.69. The molecular weight excluding hydrogens is 284 g/mol. The lowest BCUT2D eigenvalue weighted by Crippen LogP contribution is -2.51. The third-order valence-electron chi connectivity index (χ3n) is 3.88. The molecule has 118 valence electrons. The van der Waals surface area contributed by atoms with Crippen LogP contribution in [0, 0.1) is 0 Å². The molecule has 2 rings (SSSR count). The topological polar surface area (TPSA) is 61.0 Å². The second-order valence-corrected chi connectivity index (χ2v) is 5.93. The van der Waals surface area contributed by atoms with Crippen molar-refractivity contribution in [3.63, 3.8) is 0 Å². The summed E-state index contributed by atoms with van der Waals surface area (Å²) < 4.78 is 0. The van der Waals surface area contributed by atoms with Gasteiger partial charge in [0.25, 0.3) is 0 Å². The van der Waals surface area contributed by atoms with Gasteiger partial charge in [0.2, 0.25) is 0 Å². The van der Waals surface area contributed by atoms with E-state index in [1.807, 2.05) is 11.6 Å². The van der Waals surface area contributed by atoms with Gasteiger partial charge in [-0.3, -0.25) is 4.99 Å². The first kappa shape index (κ1) is 16.0. The van der Waals surface area contributed by atoms with Gasteiger partial charge in [-0.25, -0.2) is 4.98 Å². The van der Waals surface area contributed by atoms with Crippen molar-refractivity contribution in [2.75, 3.05) is 57.3 Å². The van der Waals surface area contributed by atoms with E-state index >= 15 is 0 Å². The molecule has 0 aromatic carbocycles. The van der Waals surface area contributed by atoms with Crippen LogP contribution in [0.4, 0.5) is 5.13 Å². The molecule has 1 aliphatic heterocycles. The predicted molar refractivity (Wildman–Crippen MR) is 90.2 cm³/mol. The standard InChI is InChI=1S/C14H26N6S/c1-3-18(4-2)7-5-16-13(15)19-8-10-20(11-9-19)14-17-6-12-21-14/h6,12H,3-5,7-11H2,1-2H3,(H2,15,16). The second-order valence-electron chi connectivity index (χ2n) is 5.06. The van der Waals surface area contributed by atoms with E-state index in [0.717, 1.165) is 57.5 Å². The first-order valence-electron chi connectivity index (χ1n) is 7.66. The van der Waals surface area contributed by atoms with Gasteiger partial charge in [0.15, 0.2) is 11.1 Å². The van der Waals surface area contributed by atoms with Crippen molar-refractivity contribution in [1.82, 2.24) is 14.8 Å². The van der Waals surface area contributed by atoms with Crippen LogP contribution in [-0.4, -0.2) is 73.1 Å². The summed E-state index contributed by atoms with van der Waals surface area (Å²) in [7, 11) is 0. The van der Waals surface area contributed by atoms with Gasteiger partial charge in [-0.1, -0.05) is 13.8 Å². The van der Waals surface area contributed by atoms with Gasteiger partial charge in [-0.15, -0.1) is 11.3 Å². The lowest BCUT2D eigenvalue weighted by Gasteiger charge is -2.35. The van der Waals surface area contributed by atoms with Crippen molar-refractivity contribution in [2.24, 2.45) is 10.7 Å². The second kappa shape index (κ2) is 8.19. The van der Waals surface area contributed by atoms with Crippen molar-refractivity contribution < 1.29 is 0 Å². The average Bonchev–Trinajstić information content (AvgIpc) is 3.06. The Hall–Kier alpha value is -1.34. The number of thiazole rings is 1. The van der Waals surface area contributed by atoms with E-state index in [-0.39, 0.29) is 0 Å². The van der Waals surface area contributed by atoms with E-state index in [4.69, 9.17) is 5.73 Å². The minimum atomic E-state index is 0.681. The number of guanidine groups is 1. The number of anilines is 1. The molecule has 2 N–H and O–H groups in total. The fourth-order valence-corrected chi connectivity index (χ4v) is 3.14. The summed E-state index contributed by atoms with van der Waals surface area (Å²) in [5.74, 6) is 0.681. The van der Waals surface area contributed by atoms with Crippen LogP contribution >= 0.6 is 11.3 Å². The number of rotatable bonds is 6. The summed E-state index contributed by atoms with van der Waals surface area (Å²) in [6.45, 7) is 12.0. The SMILES string of the molecule is CCN(CC)CCN=C(N)N1CCN(c2nccs2)CC1. The van der Waals surface area contributed by atoms with Crippen molar-refractivity contribution in [1.29, 1.82) is 0 Å². The summed E-state index contributed by atoms with van der Waals surface area (Å²) in [5, 5.41) is 3.12. The number of aliphatic imine (C=N–C) groups is 1. The molecule has 1 saturated heterocycles. The number of piperazine rings is 1. The molecule has 0 bridgehead atoms. The van der Waals surface area contributed by atoms with E-state index in [1.165, 1.54) is 0 Å². The molecule has 1 fully saturated rings. The maximum absolute atomic E-state index is 6.11. The summed E-state index contributed by atoms with van der Waals surface area (Å²) in [5.41, 5.74) is 6.11. The van der Waals surface area contributed by atoms with Gasteiger partial charge in [-0.05, 0) is 13.1 Å². The van der Waals surface area contributed by atoms with Gasteiger partial charge in [0.1, 0.15) is 0 Å². The smallest absolute Gasteiger partial charge is 0.191 e. The predicted octanol–water partition coefficient (Wildman–Crippen LogP) is 0.922. The third-order valence-corrected chi connectivity index (χ3v) is 4.71. The summed E-state index contributed by atoms with van der Waals surface area (Å²) in [6, 6.07) is 0. The van der Waals surface area contributed by atoms with Gasteiger partial charge in [0, 0.05) is 44.3 Å². The zero-order valence-electron chi connectivity index (χ0n) is 13.0. The Balaban J connectivity index is 1.76. The van der Waals surface area contributed by atoms with Crippen LogP contribution in [0.1, 0.15) is 13.8 Å². The van der Waals surface area contributed by atoms with Crippen LogP contribution in [0.25, 0.3) is 0 Å². The average molecular weight is 310 g/mol. The molecule has 0 amide bonds. The first-order chi connectivity index (χ1) is 10.2. The number of likely N-dealkylation sites (N-methyl/N-ethyl adjacent to an activating group) is 1. The molecule has 2 heterocycles. The molecule has 0 unspecified atom stereocenters. The minimum Gasteiger partial charge on any atom is -0.370 e. The highest BCUT2D eigenvalue weighted by Crippen LogP contribution is 2.18. The third kappa shape index (κ3) is 4.57. The maximum Gasteiger partial charge on any atom is 0.191 e. The molecule has 0 atom stereocenters. The van der Waals surface area contributed by atoms with Crippen LogP contribution in [0.5, 0.6) is 0 Å². The Morgan fingerprint density at radius 2 is 2.05 bits per heavy atom. The Labute approximate surface area is 131 Å².